The Bertz CT molecular complexity index is 505. The van der Waals surface area contributed by atoms with Crippen LogP contribution in [0.4, 0.5) is 0 Å². The molecule has 0 heterocycles. The molecule has 1 atom stereocenters. The summed E-state index contributed by atoms with van der Waals surface area (Å²) in [7, 11) is -4.10. The maximum atomic E-state index is 11.7. The fourth-order valence-corrected chi connectivity index (χ4v) is 7.03. The van der Waals surface area contributed by atoms with Crippen molar-refractivity contribution in [3.05, 3.63) is 12.2 Å². The molecule has 1 unspecified atom stereocenters. The van der Waals surface area contributed by atoms with Gasteiger partial charge < -0.3 is 0 Å². The fraction of sp³-hybridized carbons (Fsp3) is 0.929. The summed E-state index contributed by atoms with van der Waals surface area (Å²) in [4.78, 5) is 11.7. The third-order valence-corrected chi connectivity index (χ3v) is 10.6. The summed E-state index contributed by atoms with van der Waals surface area (Å²) in [5.74, 6) is 0. The van der Waals surface area contributed by atoms with Gasteiger partial charge in [-0.2, -0.15) is 0 Å². The monoisotopic (exact) mass is 564 g/mol. The molecule has 34 heavy (non-hydrogen) atoms. The summed E-state index contributed by atoms with van der Waals surface area (Å²) in [5.41, 5.74) is 6.93. The second-order valence-corrected chi connectivity index (χ2v) is 22.8. The molecule has 0 saturated heterocycles. The van der Waals surface area contributed by atoms with Crippen LogP contribution >= 0.6 is 7.82 Å². The molecule has 0 aromatic rings. The van der Waals surface area contributed by atoms with Crippen LogP contribution in [0.1, 0.15) is 129 Å². The number of hydrogen-bond donors (Lipinski definition) is 0. The van der Waals surface area contributed by atoms with Gasteiger partial charge in [0, 0.05) is 0 Å². The summed E-state index contributed by atoms with van der Waals surface area (Å²) in [5, 5.41) is 1.11. The van der Waals surface area contributed by atoms with E-state index < -0.39 is 21.4 Å². The molecular formula is C28H58AsO4P-. The van der Waals surface area contributed by atoms with Gasteiger partial charge in [0.2, 0.25) is 0 Å². The Balaban J connectivity index is 3.30. The number of phosphoric ester groups is 1. The summed E-state index contributed by atoms with van der Waals surface area (Å²) in [6.45, 7) is 2.79. The van der Waals surface area contributed by atoms with E-state index in [4.69, 9.17) is 9.05 Å². The molecule has 0 fully saturated rings. The van der Waals surface area contributed by atoms with E-state index in [2.05, 4.69) is 36.2 Å². The second-order valence-electron chi connectivity index (χ2n) is 10.8. The van der Waals surface area contributed by atoms with Crippen LogP contribution in [0, 0.1) is 0 Å². The molecular weight excluding hydrogens is 506 g/mol. The Hall–Kier alpha value is 0.408. The van der Waals surface area contributed by atoms with Crippen LogP contribution in [-0.2, 0) is 13.6 Å². The Kier molecular flexibility index (Phi) is 24.1. The normalized spacial score (nSPS) is 14.1. The van der Waals surface area contributed by atoms with Crippen molar-refractivity contribution < 1.29 is 18.5 Å². The van der Waals surface area contributed by atoms with Gasteiger partial charge in [-0.3, -0.25) is 0 Å². The third kappa shape index (κ3) is 28.6. The molecule has 0 bridgehead atoms. The third-order valence-electron chi connectivity index (χ3n) is 6.13. The van der Waals surface area contributed by atoms with Crippen LogP contribution in [0.5, 0.6) is 0 Å². The molecule has 0 aliphatic rings. The Morgan fingerprint density at radius 1 is 0.618 bits per heavy atom. The van der Waals surface area contributed by atoms with Gasteiger partial charge in [0.25, 0.3) is 0 Å². The first kappa shape index (κ1) is 34.4. The molecule has 0 aromatic heterocycles. The molecule has 205 valence electrons. The van der Waals surface area contributed by atoms with E-state index in [-0.39, 0.29) is 13.2 Å². The zero-order chi connectivity index (χ0) is 25.4. The van der Waals surface area contributed by atoms with Gasteiger partial charge in [0.15, 0.2) is 0 Å². The van der Waals surface area contributed by atoms with Gasteiger partial charge in [-0.15, -0.1) is 0 Å². The van der Waals surface area contributed by atoms with Crippen molar-refractivity contribution in [3.63, 3.8) is 0 Å². The standard InChI is InChI=1S/C28H59AsO4P/c1-5-6-7-8-9-10-11-12-13-14-15-16-17-18-19-20-21-22-23-24-27-32-34(30,31)33-28-25-26-29(2,3)4/h12-13H,5-11,14-28H2,1-4H3,(H,30,31)/p-1/b13-12-. The van der Waals surface area contributed by atoms with Gasteiger partial charge in [-0.1, -0.05) is 76.9 Å². The molecule has 0 N–H and O–H groups in total. The van der Waals surface area contributed by atoms with E-state index in [9.17, 15) is 9.46 Å². The average Bonchev–Trinajstić information content (AvgIpc) is 2.77. The molecule has 0 aliphatic heterocycles. The second kappa shape index (κ2) is 23.8. The van der Waals surface area contributed by atoms with Crippen LogP contribution in [-0.4, -0.2) is 26.8 Å². The predicted molar refractivity (Wildman–Crippen MR) is 150 cm³/mol. The van der Waals surface area contributed by atoms with E-state index in [1.54, 1.807) is 0 Å². The van der Waals surface area contributed by atoms with Crippen molar-refractivity contribution in [3.8, 4) is 0 Å². The molecule has 4 nitrogen and oxygen atoms in total. The number of phosphoric acid groups is 1. The minimum absolute atomic E-state index is 0.254. The van der Waals surface area contributed by atoms with Gasteiger partial charge in [0.05, 0.1) is 0 Å². The summed E-state index contributed by atoms with van der Waals surface area (Å²) in [6, 6.07) is 0. The predicted octanol–water partition coefficient (Wildman–Crippen LogP) is 9.81. The zero-order valence-electron chi connectivity index (χ0n) is 23.2. The first-order chi connectivity index (χ1) is 16.3. The van der Waals surface area contributed by atoms with Gasteiger partial charge >= 0.3 is 114 Å². The first-order valence-corrected chi connectivity index (χ1v) is 22.7. The summed E-state index contributed by atoms with van der Waals surface area (Å²) in [6.07, 6.45) is 28.7. The molecule has 0 aliphatic carbocycles. The van der Waals surface area contributed by atoms with Crippen molar-refractivity contribution in [1.82, 2.24) is 0 Å². The molecule has 1 radical (unpaired) electrons. The van der Waals surface area contributed by atoms with Crippen LogP contribution in [0.15, 0.2) is 12.2 Å². The van der Waals surface area contributed by atoms with Crippen molar-refractivity contribution in [2.24, 2.45) is 0 Å². The van der Waals surface area contributed by atoms with E-state index in [0.717, 1.165) is 30.9 Å². The average molecular weight is 565 g/mol. The Morgan fingerprint density at radius 2 is 1.00 bits per heavy atom. The SMILES string of the molecule is CCCCCCCC/C=C\CCCCCCCCCCCCOP(=O)([O-])OCCC[As](C)(C)C. The number of allylic oxidation sites excluding steroid dienone is 2. The van der Waals surface area contributed by atoms with E-state index >= 15 is 0 Å². The van der Waals surface area contributed by atoms with Crippen LogP contribution < -0.4 is 4.89 Å². The van der Waals surface area contributed by atoms with Gasteiger partial charge in [0.1, 0.15) is 0 Å². The summed E-state index contributed by atoms with van der Waals surface area (Å²) >= 11 is -1.46. The Morgan fingerprint density at radius 3 is 1.44 bits per heavy atom. The quantitative estimate of drug-likeness (QED) is 0.0454. The van der Waals surface area contributed by atoms with Crippen LogP contribution in [0.25, 0.3) is 0 Å². The number of rotatable bonds is 26. The van der Waals surface area contributed by atoms with Crippen LogP contribution in [0.3, 0.4) is 0 Å². The molecule has 6 heteroatoms. The Labute approximate surface area is 216 Å². The molecule has 0 aromatic carbocycles. The zero-order valence-corrected chi connectivity index (χ0v) is 26.0. The molecule has 0 rings (SSSR count). The van der Waals surface area contributed by atoms with Gasteiger partial charge in [-0.05, 0) is 25.7 Å². The molecule has 0 spiro atoms. The van der Waals surface area contributed by atoms with Crippen molar-refractivity contribution in [2.45, 2.75) is 151 Å². The van der Waals surface area contributed by atoms with E-state index in [1.807, 2.05) is 0 Å². The minimum atomic E-state index is -4.10. The summed E-state index contributed by atoms with van der Waals surface area (Å²) < 4.78 is 21.7. The molecule has 0 saturated carbocycles. The molecule has 0 amide bonds. The van der Waals surface area contributed by atoms with E-state index in [0.29, 0.717) is 0 Å². The topological polar surface area (TPSA) is 58.6 Å². The number of unbranched alkanes of at least 4 members (excludes halogenated alkanes) is 16. The van der Waals surface area contributed by atoms with Crippen molar-refractivity contribution in [2.75, 3.05) is 13.2 Å². The number of hydrogen-bond acceptors (Lipinski definition) is 4. The first-order valence-electron chi connectivity index (χ1n) is 14.3. The van der Waals surface area contributed by atoms with Crippen molar-refractivity contribution >= 4 is 21.4 Å². The van der Waals surface area contributed by atoms with Gasteiger partial charge in [-0.25, -0.2) is 0 Å². The van der Waals surface area contributed by atoms with E-state index in [1.165, 1.54) is 96.3 Å². The van der Waals surface area contributed by atoms with Crippen molar-refractivity contribution in [1.29, 1.82) is 0 Å². The fourth-order valence-electron chi connectivity index (χ4n) is 3.99. The maximum absolute atomic E-state index is 11.7. The van der Waals surface area contributed by atoms with Crippen LogP contribution in [0.2, 0.25) is 22.3 Å².